The van der Waals surface area contributed by atoms with Crippen molar-refractivity contribution in [3.05, 3.63) is 12.2 Å². The van der Waals surface area contributed by atoms with Crippen molar-refractivity contribution in [1.82, 2.24) is 4.90 Å². The van der Waals surface area contributed by atoms with Gasteiger partial charge in [-0.05, 0) is 31.6 Å². The van der Waals surface area contributed by atoms with Gasteiger partial charge in [-0.3, -0.25) is 4.79 Å². The smallest absolute Gasteiger partial charge is 0.239 e. The van der Waals surface area contributed by atoms with Crippen molar-refractivity contribution in [1.29, 1.82) is 0 Å². The minimum Gasteiger partial charge on any atom is -0.341 e. The molecule has 2 fully saturated rings. The first-order valence-corrected chi connectivity index (χ1v) is 5.39. The number of hydrogen-bond donors (Lipinski definition) is 1. The Kier molecular flexibility index (Phi) is 2.59. The van der Waals surface area contributed by atoms with Gasteiger partial charge in [0.1, 0.15) is 0 Å². The summed E-state index contributed by atoms with van der Waals surface area (Å²) >= 11 is 0. The molecule has 1 saturated carbocycles. The van der Waals surface area contributed by atoms with Gasteiger partial charge in [0, 0.05) is 13.1 Å². The fourth-order valence-electron chi connectivity index (χ4n) is 1.91. The maximum Gasteiger partial charge on any atom is 0.239 e. The Morgan fingerprint density at radius 1 is 1.43 bits per heavy atom. The predicted molar refractivity (Wildman–Crippen MR) is 55.7 cm³/mol. The van der Waals surface area contributed by atoms with Gasteiger partial charge < -0.3 is 10.6 Å². The zero-order valence-electron chi connectivity index (χ0n) is 8.54. The first kappa shape index (κ1) is 9.71. The molecule has 0 bridgehead atoms. The molecule has 0 aromatic carbocycles. The molecule has 2 aliphatic rings. The Bertz CT molecular complexity index is 248. The Morgan fingerprint density at radius 3 is 2.50 bits per heavy atom. The number of carbonyl (C=O) groups excluding carboxylic acids is 1. The van der Waals surface area contributed by atoms with E-state index in [0.29, 0.717) is 5.92 Å². The molecule has 0 spiro atoms. The van der Waals surface area contributed by atoms with Crippen LogP contribution >= 0.6 is 0 Å². The van der Waals surface area contributed by atoms with Crippen molar-refractivity contribution in [2.45, 2.75) is 31.7 Å². The summed E-state index contributed by atoms with van der Waals surface area (Å²) in [4.78, 5) is 13.8. The molecule has 1 atom stereocenters. The summed E-state index contributed by atoms with van der Waals surface area (Å²) in [5, 5.41) is 0. The van der Waals surface area contributed by atoms with Crippen LogP contribution in [0.3, 0.4) is 0 Å². The normalized spacial score (nSPS) is 24.9. The third-order valence-corrected chi connectivity index (χ3v) is 3.20. The average Bonchev–Trinajstić information content (AvgIpc) is 3.00. The van der Waals surface area contributed by atoms with E-state index < -0.39 is 0 Å². The number of nitrogens with zero attached hydrogens (tertiary/aromatic N) is 1. The Balaban J connectivity index is 1.87. The lowest BCUT2D eigenvalue weighted by molar-refractivity contribution is -0.133. The fraction of sp³-hybridized carbons (Fsp3) is 0.727. The van der Waals surface area contributed by atoms with E-state index >= 15 is 0 Å². The maximum absolute atomic E-state index is 11.9. The highest BCUT2D eigenvalue weighted by Gasteiger charge is 2.35. The van der Waals surface area contributed by atoms with Crippen LogP contribution in [0.5, 0.6) is 0 Å². The van der Waals surface area contributed by atoms with Crippen molar-refractivity contribution in [3.63, 3.8) is 0 Å². The number of rotatable bonds is 2. The molecule has 1 heterocycles. The minimum absolute atomic E-state index is 0.153. The van der Waals surface area contributed by atoms with Gasteiger partial charge in [0.2, 0.25) is 5.91 Å². The number of carbonyl (C=O) groups is 1. The monoisotopic (exact) mass is 194 g/mol. The summed E-state index contributed by atoms with van der Waals surface area (Å²) < 4.78 is 0. The van der Waals surface area contributed by atoms with Crippen LogP contribution in [0.4, 0.5) is 0 Å². The van der Waals surface area contributed by atoms with Crippen molar-refractivity contribution in [2.24, 2.45) is 11.7 Å². The molecule has 1 aliphatic heterocycles. The van der Waals surface area contributed by atoms with E-state index in [9.17, 15) is 4.79 Å². The standard InChI is InChI=1S/C11H18N2O/c1-8-4-6-13(7-5-8)11(14)10(12)9-2-3-9/h9-10H,1-7,12H2. The molecule has 0 aromatic rings. The second-order valence-corrected chi connectivity index (χ2v) is 4.44. The van der Waals surface area contributed by atoms with Crippen LogP contribution in [-0.4, -0.2) is 29.9 Å². The van der Waals surface area contributed by atoms with Crippen LogP contribution in [0.25, 0.3) is 0 Å². The molecule has 3 nitrogen and oxygen atoms in total. The highest BCUT2D eigenvalue weighted by atomic mass is 16.2. The summed E-state index contributed by atoms with van der Waals surface area (Å²) in [7, 11) is 0. The van der Waals surface area contributed by atoms with E-state index in [4.69, 9.17) is 5.73 Å². The minimum atomic E-state index is -0.235. The van der Waals surface area contributed by atoms with Gasteiger partial charge >= 0.3 is 0 Å². The van der Waals surface area contributed by atoms with Crippen LogP contribution < -0.4 is 5.73 Å². The van der Waals surface area contributed by atoms with Gasteiger partial charge in [0.25, 0.3) is 0 Å². The number of hydrogen-bond acceptors (Lipinski definition) is 2. The van der Waals surface area contributed by atoms with Crippen LogP contribution in [-0.2, 0) is 4.79 Å². The van der Waals surface area contributed by atoms with Gasteiger partial charge in [-0.15, -0.1) is 0 Å². The topological polar surface area (TPSA) is 46.3 Å². The highest BCUT2D eigenvalue weighted by molar-refractivity contribution is 5.82. The SMILES string of the molecule is C=C1CCN(C(=O)C(N)C2CC2)CC1. The van der Waals surface area contributed by atoms with Crippen LogP contribution in [0, 0.1) is 5.92 Å². The van der Waals surface area contributed by atoms with Gasteiger partial charge in [-0.2, -0.15) is 0 Å². The van der Waals surface area contributed by atoms with Crippen molar-refractivity contribution in [3.8, 4) is 0 Å². The van der Waals surface area contributed by atoms with E-state index in [0.717, 1.165) is 38.8 Å². The van der Waals surface area contributed by atoms with Crippen molar-refractivity contribution < 1.29 is 4.79 Å². The average molecular weight is 194 g/mol. The van der Waals surface area contributed by atoms with E-state index in [1.807, 2.05) is 4.90 Å². The van der Waals surface area contributed by atoms with Gasteiger partial charge in [-0.1, -0.05) is 12.2 Å². The Morgan fingerprint density at radius 2 is 2.00 bits per heavy atom. The summed E-state index contributed by atoms with van der Waals surface area (Å²) in [5.41, 5.74) is 7.13. The Labute approximate surface area is 84.9 Å². The first-order valence-electron chi connectivity index (χ1n) is 5.39. The Hall–Kier alpha value is -0.830. The zero-order valence-corrected chi connectivity index (χ0v) is 8.54. The summed E-state index contributed by atoms with van der Waals surface area (Å²) in [6.07, 6.45) is 4.16. The molecular formula is C11H18N2O. The highest BCUT2D eigenvalue weighted by Crippen LogP contribution is 2.32. The molecule has 14 heavy (non-hydrogen) atoms. The quantitative estimate of drug-likeness (QED) is 0.664. The van der Waals surface area contributed by atoms with E-state index in [2.05, 4.69) is 6.58 Å². The molecular weight excluding hydrogens is 176 g/mol. The van der Waals surface area contributed by atoms with Crippen molar-refractivity contribution >= 4 is 5.91 Å². The lowest BCUT2D eigenvalue weighted by Crippen LogP contribution is -2.47. The molecule has 3 heteroatoms. The molecule has 78 valence electrons. The molecule has 1 amide bonds. The molecule has 1 saturated heterocycles. The summed E-state index contributed by atoms with van der Waals surface area (Å²) in [6.45, 7) is 5.57. The summed E-state index contributed by atoms with van der Waals surface area (Å²) in [6, 6.07) is -0.235. The summed E-state index contributed by atoms with van der Waals surface area (Å²) in [5.74, 6) is 0.618. The van der Waals surface area contributed by atoms with E-state index in [1.165, 1.54) is 5.57 Å². The van der Waals surface area contributed by atoms with Crippen LogP contribution in [0.15, 0.2) is 12.2 Å². The lowest BCUT2D eigenvalue weighted by Gasteiger charge is -2.30. The largest absolute Gasteiger partial charge is 0.341 e. The van der Waals surface area contributed by atoms with E-state index in [1.54, 1.807) is 0 Å². The third kappa shape index (κ3) is 1.98. The number of nitrogens with two attached hydrogens (primary N) is 1. The molecule has 2 rings (SSSR count). The number of piperidine rings is 1. The van der Waals surface area contributed by atoms with Gasteiger partial charge in [0.15, 0.2) is 0 Å². The fourth-order valence-corrected chi connectivity index (χ4v) is 1.91. The lowest BCUT2D eigenvalue weighted by atomic mass is 10.0. The van der Waals surface area contributed by atoms with Crippen LogP contribution in [0.1, 0.15) is 25.7 Å². The second kappa shape index (κ2) is 3.73. The number of likely N-dealkylation sites (tertiary alicyclic amines) is 1. The maximum atomic E-state index is 11.9. The van der Waals surface area contributed by atoms with Gasteiger partial charge in [0.05, 0.1) is 6.04 Å². The van der Waals surface area contributed by atoms with Crippen molar-refractivity contribution in [2.75, 3.05) is 13.1 Å². The predicted octanol–water partition coefficient (Wildman–Crippen LogP) is 0.902. The van der Waals surface area contributed by atoms with Gasteiger partial charge in [-0.25, -0.2) is 0 Å². The zero-order chi connectivity index (χ0) is 10.1. The second-order valence-electron chi connectivity index (χ2n) is 4.44. The first-order chi connectivity index (χ1) is 6.68. The molecule has 1 unspecified atom stereocenters. The molecule has 2 N–H and O–H groups in total. The van der Waals surface area contributed by atoms with Crippen LogP contribution in [0.2, 0.25) is 0 Å². The third-order valence-electron chi connectivity index (χ3n) is 3.20. The molecule has 0 aromatic heterocycles. The molecule has 1 aliphatic carbocycles. The number of amides is 1. The molecule has 0 radical (unpaired) electrons. The van der Waals surface area contributed by atoms with E-state index in [-0.39, 0.29) is 11.9 Å².